The topological polar surface area (TPSA) is 76.7 Å². The molecule has 0 radical (unpaired) electrons. The molecule has 2 N–H and O–H groups in total. The van der Waals surface area contributed by atoms with Crippen molar-refractivity contribution in [3.8, 4) is 0 Å². The third kappa shape index (κ3) is 3.43. The van der Waals surface area contributed by atoms with Crippen molar-refractivity contribution in [1.29, 1.82) is 0 Å². The Bertz CT molecular complexity index is 628. The van der Waals surface area contributed by atoms with Gasteiger partial charge in [0.1, 0.15) is 0 Å². The van der Waals surface area contributed by atoms with E-state index >= 15 is 0 Å². The first kappa shape index (κ1) is 16.0. The highest BCUT2D eigenvalue weighted by atomic mass is 32.1. The third-order valence-electron chi connectivity index (χ3n) is 3.24. The van der Waals surface area contributed by atoms with Crippen molar-refractivity contribution >= 4 is 29.3 Å². The largest absolute Gasteiger partial charge is 0.469 e. The minimum Gasteiger partial charge on any atom is -0.469 e. The molecule has 7 heteroatoms. The molecule has 1 heterocycles. The summed E-state index contributed by atoms with van der Waals surface area (Å²) in [6, 6.07) is 8.84. The molecule has 0 fully saturated rings. The van der Waals surface area contributed by atoms with Crippen LogP contribution in [0.2, 0.25) is 0 Å². The normalized spacial score (nSPS) is 17.4. The van der Waals surface area contributed by atoms with Crippen LogP contribution in [0.3, 0.4) is 0 Å². The van der Waals surface area contributed by atoms with Crippen molar-refractivity contribution in [1.82, 2.24) is 10.6 Å². The van der Waals surface area contributed by atoms with Crippen molar-refractivity contribution in [3.63, 3.8) is 0 Å². The number of methoxy groups -OCH3 is 2. The smallest absolute Gasteiger partial charge is 0.337 e. The summed E-state index contributed by atoms with van der Waals surface area (Å²) in [6.07, 6.45) is -0.0912. The number of ether oxygens (including phenoxy) is 2. The van der Waals surface area contributed by atoms with Crippen LogP contribution in [0.5, 0.6) is 0 Å². The Hall–Kier alpha value is -2.41. The van der Waals surface area contributed by atoms with Gasteiger partial charge in [0.15, 0.2) is 5.11 Å². The van der Waals surface area contributed by atoms with Gasteiger partial charge in [0.25, 0.3) is 0 Å². The van der Waals surface area contributed by atoms with Crippen molar-refractivity contribution in [2.45, 2.75) is 12.5 Å². The predicted octanol–water partition coefficient (Wildman–Crippen LogP) is 1.20. The molecule has 1 aliphatic heterocycles. The summed E-state index contributed by atoms with van der Waals surface area (Å²) < 4.78 is 9.51. The number of hydrogen-bond donors (Lipinski definition) is 2. The van der Waals surface area contributed by atoms with Gasteiger partial charge in [-0.2, -0.15) is 0 Å². The van der Waals surface area contributed by atoms with Gasteiger partial charge in [-0.05, 0) is 17.8 Å². The van der Waals surface area contributed by atoms with E-state index in [1.54, 1.807) is 0 Å². The lowest BCUT2D eigenvalue weighted by atomic mass is 9.94. The number of rotatable bonds is 4. The first-order chi connectivity index (χ1) is 10.6. The fraction of sp³-hybridized carbons (Fsp3) is 0.267. The summed E-state index contributed by atoms with van der Waals surface area (Å²) in [5.41, 5.74) is 1.54. The third-order valence-corrected chi connectivity index (χ3v) is 3.46. The molecular formula is C15H16N2O4S. The average molecular weight is 320 g/mol. The van der Waals surface area contributed by atoms with Gasteiger partial charge in [-0.3, -0.25) is 4.79 Å². The average Bonchev–Trinajstić information content (AvgIpc) is 2.54. The molecule has 2 rings (SSSR count). The standard InChI is InChI=1S/C15H16N2O4S/c1-20-11(18)8-10-12(14(19)21-2)13(17-15(22)16-10)9-6-4-3-5-7-9/h3-7,13H,8H2,1-2H3,(H2,16,17,22)/t13-/m0/s1. The molecule has 22 heavy (non-hydrogen) atoms. The summed E-state index contributed by atoms with van der Waals surface area (Å²) in [6.45, 7) is 0. The molecule has 0 aromatic heterocycles. The maximum atomic E-state index is 12.2. The zero-order valence-corrected chi connectivity index (χ0v) is 13.0. The Balaban J connectivity index is 2.50. The lowest BCUT2D eigenvalue weighted by molar-refractivity contribution is -0.139. The summed E-state index contributed by atoms with van der Waals surface area (Å²) in [7, 11) is 2.58. The van der Waals surface area contributed by atoms with Crippen molar-refractivity contribution in [3.05, 3.63) is 47.2 Å². The van der Waals surface area contributed by atoms with Crippen LogP contribution >= 0.6 is 12.2 Å². The number of carbonyl (C=O) groups is 2. The van der Waals surface area contributed by atoms with Crippen molar-refractivity contribution < 1.29 is 19.1 Å². The Labute approximate surface area is 133 Å². The predicted molar refractivity (Wildman–Crippen MR) is 83.7 cm³/mol. The second-order valence-electron chi connectivity index (χ2n) is 4.58. The highest BCUT2D eigenvalue weighted by Crippen LogP contribution is 2.28. The maximum absolute atomic E-state index is 12.2. The van der Waals surface area contributed by atoms with Gasteiger partial charge in [-0.1, -0.05) is 30.3 Å². The number of hydrogen-bond acceptors (Lipinski definition) is 5. The molecular weight excluding hydrogens is 304 g/mol. The van der Waals surface area contributed by atoms with Crippen LogP contribution in [0.4, 0.5) is 0 Å². The van der Waals surface area contributed by atoms with E-state index in [1.165, 1.54) is 14.2 Å². The molecule has 0 amide bonds. The molecule has 0 aliphatic carbocycles. The quantitative estimate of drug-likeness (QED) is 0.637. The minimum absolute atomic E-state index is 0.0912. The van der Waals surface area contributed by atoms with E-state index < -0.39 is 18.0 Å². The molecule has 1 atom stereocenters. The number of esters is 2. The maximum Gasteiger partial charge on any atom is 0.337 e. The van der Waals surface area contributed by atoms with Crippen LogP contribution in [-0.4, -0.2) is 31.3 Å². The van der Waals surface area contributed by atoms with Crippen LogP contribution in [0.1, 0.15) is 18.0 Å². The molecule has 0 saturated heterocycles. The molecule has 1 aliphatic rings. The van der Waals surface area contributed by atoms with Crippen LogP contribution in [0.15, 0.2) is 41.6 Å². The Morgan fingerprint density at radius 1 is 1.18 bits per heavy atom. The zero-order chi connectivity index (χ0) is 16.1. The summed E-state index contributed by atoms with van der Waals surface area (Å²) in [5.74, 6) is -1.00. The number of thiocarbonyl (C=S) groups is 1. The van der Waals surface area contributed by atoms with Gasteiger partial charge in [-0.25, -0.2) is 4.79 Å². The molecule has 1 aromatic carbocycles. The Morgan fingerprint density at radius 2 is 1.86 bits per heavy atom. The highest BCUT2D eigenvalue weighted by Gasteiger charge is 2.32. The SMILES string of the molecule is COC(=O)CC1=C(C(=O)OC)[C@H](c2ccccc2)NC(=S)N1. The van der Waals surface area contributed by atoms with E-state index in [0.717, 1.165) is 5.56 Å². The zero-order valence-electron chi connectivity index (χ0n) is 12.2. The van der Waals surface area contributed by atoms with Crippen molar-refractivity contribution in [2.75, 3.05) is 14.2 Å². The first-order valence-electron chi connectivity index (χ1n) is 6.57. The highest BCUT2D eigenvalue weighted by molar-refractivity contribution is 7.80. The number of benzene rings is 1. The number of nitrogens with one attached hydrogen (secondary N) is 2. The van der Waals surface area contributed by atoms with E-state index in [-0.39, 0.29) is 6.42 Å². The monoisotopic (exact) mass is 320 g/mol. The van der Waals surface area contributed by atoms with E-state index in [9.17, 15) is 9.59 Å². The lowest BCUT2D eigenvalue weighted by Gasteiger charge is -2.30. The summed E-state index contributed by atoms with van der Waals surface area (Å²) >= 11 is 5.16. The van der Waals surface area contributed by atoms with Gasteiger partial charge in [0, 0.05) is 5.70 Å². The second kappa shape index (κ2) is 7.04. The van der Waals surface area contributed by atoms with Gasteiger partial charge < -0.3 is 20.1 Å². The van der Waals surface area contributed by atoms with Crippen LogP contribution in [0, 0.1) is 0 Å². The fourth-order valence-corrected chi connectivity index (χ4v) is 2.46. The van der Waals surface area contributed by atoms with Gasteiger partial charge >= 0.3 is 11.9 Å². The van der Waals surface area contributed by atoms with Crippen LogP contribution in [-0.2, 0) is 19.1 Å². The van der Waals surface area contributed by atoms with E-state index in [2.05, 4.69) is 15.4 Å². The van der Waals surface area contributed by atoms with Gasteiger partial charge in [0.2, 0.25) is 0 Å². The molecule has 0 unspecified atom stereocenters. The van der Waals surface area contributed by atoms with Crippen LogP contribution < -0.4 is 10.6 Å². The van der Waals surface area contributed by atoms with E-state index in [4.69, 9.17) is 17.0 Å². The fourth-order valence-electron chi connectivity index (χ4n) is 2.22. The van der Waals surface area contributed by atoms with Gasteiger partial charge in [0.05, 0.1) is 32.3 Å². The molecule has 0 spiro atoms. The first-order valence-corrected chi connectivity index (χ1v) is 6.98. The van der Waals surface area contributed by atoms with E-state index in [1.807, 2.05) is 30.3 Å². The summed E-state index contributed by atoms with van der Waals surface area (Å²) in [4.78, 5) is 23.8. The summed E-state index contributed by atoms with van der Waals surface area (Å²) in [5, 5.41) is 6.21. The molecule has 0 bridgehead atoms. The number of carbonyl (C=O) groups excluding carboxylic acids is 2. The minimum atomic E-state index is -0.532. The second-order valence-corrected chi connectivity index (χ2v) is 4.99. The lowest BCUT2D eigenvalue weighted by Crippen LogP contribution is -2.46. The van der Waals surface area contributed by atoms with E-state index in [0.29, 0.717) is 16.4 Å². The Kier molecular flexibility index (Phi) is 5.11. The van der Waals surface area contributed by atoms with Gasteiger partial charge in [-0.15, -0.1) is 0 Å². The van der Waals surface area contributed by atoms with Crippen LogP contribution in [0.25, 0.3) is 0 Å². The molecule has 6 nitrogen and oxygen atoms in total. The molecule has 116 valence electrons. The Morgan fingerprint density at radius 3 is 2.45 bits per heavy atom. The molecule has 1 aromatic rings. The molecule has 0 saturated carbocycles. The van der Waals surface area contributed by atoms with Crippen molar-refractivity contribution in [2.24, 2.45) is 0 Å².